The van der Waals surface area contributed by atoms with Gasteiger partial charge in [-0.1, -0.05) is 42.5 Å². The van der Waals surface area contributed by atoms with Gasteiger partial charge < -0.3 is 47.8 Å². The number of para-hydroxylation sites is 1. The summed E-state index contributed by atoms with van der Waals surface area (Å²) in [6, 6.07) is 15.4. The van der Waals surface area contributed by atoms with E-state index >= 15 is 0 Å². The zero-order valence-electron chi connectivity index (χ0n) is 37.1. The number of nitrogens with one attached hydrogen (secondary N) is 2. The van der Waals surface area contributed by atoms with Gasteiger partial charge in [0.15, 0.2) is 16.6 Å². The smallest absolute Gasteiger partial charge is 0.0708 e. The van der Waals surface area contributed by atoms with E-state index in [-0.39, 0.29) is 102 Å². The third kappa shape index (κ3) is 31.2. The second-order valence-corrected chi connectivity index (χ2v) is 24.9. The van der Waals surface area contributed by atoms with Crippen LogP contribution >= 0.6 is 48.2 Å². The number of nitrogens with zero attached hydrogens (tertiary/aromatic N) is 3. The molecule has 11 N–H and O–H groups in total. The van der Waals surface area contributed by atoms with Crippen molar-refractivity contribution in [2.75, 3.05) is 11.9 Å². The number of urea groups is 1. The standard InChI is InChI=1S/C26H44N4O9SSi2.C13H9N.CO2.ClH.2H2N.H2O.Pt.2H2S/c1-41(2,14-6-8-24(34)35)39-42(3,4)18-40-17-22-28-15-19(16-29-22)9-10-20(31)11-12-21(25(36)37)30-26(38)27-13-5-7-23(32)33;1-2-6-11-10(5-1)9-14-13-8-4-3-7-12(11)13;2-1-3;;;;;;;/h15-16,21H,5-14,17-18H2,1-4H3,(H,32,33)(H,34,35)(H,36,37)(H2,27,30,38);1-9H;;1H;3*1H2;;2*1H2/q;;;;2*-1;;+1;;/p-1/t21-;;;;;;;;;/m0........./s1. The molecule has 0 unspecified atom stereocenters. The number of rotatable bonds is 22. The summed E-state index contributed by atoms with van der Waals surface area (Å²) in [6.07, 6.45) is 6.98. The Morgan fingerprint density at radius 1 is 0.788 bits per heavy atom. The van der Waals surface area contributed by atoms with Gasteiger partial charge in [-0.15, -0.1) is 0 Å². The molecule has 26 heteroatoms. The maximum atomic E-state index is 12.3. The number of fused-ring (bicyclic) bond motifs is 3. The summed E-state index contributed by atoms with van der Waals surface area (Å²) in [5.74, 6) is -1.88. The molecule has 19 nitrogen and oxygen atoms in total. The van der Waals surface area contributed by atoms with Gasteiger partial charge in [-0.25, -0.2) is 19.6 Å². The molecule has 2 aromatic carbocycles. The van der Waals surface area contributed by atoms with E-state index in [0.717, 1.165) is 22.5 Å². The van der Waals surface area contributed by atoms with Crippen LogP contribution < -0.4 is 10.6 Å². The average molecular weight is 1220 g/mol. The number of hydrogen-bond donors (Lipinski definition) is 5. The van der Waals surface area contributed by atoms with Crippen molar-refractivity contribution < 1.29 is 77.2 Å². The zero-order chi connectivity index (χ0) is 45.8. The number of amides is 2. The fraction of sp³-hybridized carbons (Fsp3) is 0.425. The largest absolute Gasteiger partial charge is 0.693 e. The third-order valence-corrected chi connectivity index (χ3v) is 18.6. The number of carbonyl (C=O) groups excluding carboxylic acids is 4. The SMILES string of the molecule is C[Si](C)(CCCC(=O)O)O[Si](C)(C)CSCc1ncc(CCC(=O)CC[C@H](NC(=O)NCCCC(=O)O)C(=O)O)cn1.O.O=C=O.S.S.[Cl][Pt].[NH2-].[NH2-].c1ccc2c(c1)cnc1ccccc12. The predicted molar refractivity (Wildman–Crippen MR) is 268 cm³/mol. The summed E-state index contributed by atoms with van der Waals surface area (Å²) in [6.45, 7) is 8.70. The fourth-order valence-electron chi connectivity index (χ4n) is 5.90. The number of benzene rings is 2. The molecule has 4 rings (SSSR count). The van der Waals surface area contributed by atoms with E-state index in [2.05, 4.69) is 91.5 Å². The third-order valence-electron chi connectivity index (χ3n) is 8.52. The predicted octanol–water partition coefficient (Wildman–Crippen LogP) is 7.77. The molecule has 0 bridgehead atoms. The number of hydrogen-bond acceptors (Lipinski definition) is 12. The van der Waals surface area contributed by atoms with Crippen LogP contribution in [0.25, 0.3) is 34.0 Å². The maximum absolute atomic E-state index is 12.3. The molecular formula is C40H63ClN7O12PtS3Si2-2. The number of Topliss-reactive ketones (excluding diaryl/α,β-unsaturated/α-hetero) is 1. The van der Waals surface area contributed by atoms with Crippen molar-refractivity contribution >= 4 is 122 Å². The number of nitrogens with two attached hydrogens (primary N) is 2. The van der Waals surface area contributed by atoms with Crippen LogP contribution in [0.5, 0.6) is 0 Å². The molecule has 375 valence electrons. The molecule has 0 fully saturated rings. The molecule has 1 atom stereocenters. The van der Waals surface area contributed by atoms with Crippen molar-refractivity contribution in [3.8, 4) is 0 Å². The number of halogens is 1. The molecule has 0 aliphatic carbocycles. The van der Waals surface area contributed by atoms with Gasteiger partial charge in [0.25, 0.3) is 0 Å². The first-order valence-electron chi connectivity index (χ1n) is 19.1. The molecule has 2 heterocycles. The van der Waals surface area contributed by atoms with Gasteiger partial charge in [0, 0.05) is 67.0 Å². The van der Waals surface area contributed by atoms with E-state index in [4.69, 9.17) is 23.9 Å². The van der Waals surface area contributed by atoms with Crippen molar-refractivity contribution in [2.45, 2.75) is 95.4 Å². The van der Waals surface area contributed by atoms with E-state index in [1.165, 1.54) is 16.2 Å². The van der Waals surface area contributed by atoms with Crippen LogP contribution in [-0.4, -0.2) is 106 Å². The topological polar surface area (TPSA) is 351 Å². The number of aliphatic carboxylic acids is 3. The number of aromatic nitrogens is 3. The molecule has 4 aromatic rings. The van der Waals surface area contributed by atoms with E-state index < -0.39 is 46.6 Å². The van der Waals surface area contributed by atoms with E-state index in [0.29, 0.717) is 24.4 Å². The monoisotopic (exact) mass is 1220 g/mol. The fourth-order valence-corrected chi connectivity index (χ4v) is 16.8. The maximum Gasteiger partial charge on any atom is 0.0708 e. The summed E-state index contributed by atoms with van der Waals surface area (Å²) in [5.41, 5.74) is 1.85. The van der Waals surface area contributed by atoms with E-state index in [9.17, 15) is 29.1 Å². The average Bonchev–Trinajstić information content (AvgIpc) is 3.21. The number of carbonyl (C=O) groups is 5. The number of carboxylic acids is 3. The first kappa shape index (κ1) is 71.2. The van der Waals surface area contributed by atoms with Crippen molar-refractivity contribution in [1.29, 1.82) is 0 Å². The van der Waals surface area contributed by atoms with Crippen molar-refractivity contribution in [1.82, 2.24) is 25.6 Å². The minimum atomic E-state index is -1.95. The Hall–Kier alpha value is -3.78. The van der Waals surface area contributed by atoms with Crippen LogP contribution in [0.3, 0.4) is 0 Å². The Balaban J connectivity index is -0.000000428. The van der Waals surface area contributed by atoms with Gasteiger partial charge in [-0.3, -0.25) is 19.4 Å². The minimum absolute atomic E-state index is 0. The molecular weight excluding hydrogens is 1150 g/mol. The van der Waals surface area contributed by atoms with Gasteiger partial charge >= 0.3 is 58.3 Å². The van der Waals surface area contributed by atoms with Gasteiger partial charge in [-0.05, 0) is 74.9 Å². The number of aryl methyl sites for hydroxylation is 1. The summed E-state index contributed by atoms with van der Waals surface area (Å²) in [5, 5.41) is 36.1. The molecule has 2 aromatic heterocycles. The molecule has 0 radical (unpaired) electrons. The number of ketones is 1. The van der Waals surface area contributed by atoms with Crippen LogP contribution in [0.4, 0.5) is 4.79 Å². The number of thioether (sulfide) groups is 1. The molecule has 0 aliphatic heterocycles. The Kier molecular flexibility index (Phi) is 42.3. The molecule has 0 aliphatic rings. The summed E-state index contributed by atoms with van der Waals surface area (Å²) in [7, 11) is 0.726. The summed E-state index contributed by atoms with van der Waals surface area (Å²) >= 11 is 3.32. The van der Waals surface area contributed by atoms with E-state index in [1.807, 2.05) is 24.4 Å². The summed E-state index contributed by atoms with van der Waals surface area (Å²) < 4.78 is 6.53. The second-order valence-electron chi connectivity index (χ2n) is 14.7. The Labute approximate surface area is 420 Å². The molecule has 0 saturated carbocycles. The van der Waals surface area contributed by atoms with Gasteiger partial charge in [0.2, 0.25) is 0 Å². The first-order chi connectivity index (χ1) is 28.9. The van der Waals surface area contributed by atoms with Crippen LogP contribution in [0, 0.1) is 0 Å². The summed E-state index contributed by atoms with van der Waals surface area (Å²) in [4.78, 5) is 86.4. The zero-order valence-corrected chi connectivity index (χ0v) is 45.0. The van der Waals surface area contributed by atoms with Crippen molar-refractivity contribution in [3.63, 3.8) is 0 Å². The molecule has 0 saturated heterocycles. The Morgan fingerprint density at radius 2 is 1.33 bits per heavy atom. The van der Waals surface area contributed by atoms with Crippen LogP contribution in [0.2, 0.25) is 32.2 Å². The molecule has 0 spiro atoms. The quantitative estimate of drug-likeness (QED) is 0.0285. The van der Waals surface area contributed by atoms with Gasteiger partial charge in [0.05, 0.1) is 11.3 Å². The molecule has 66 heavy (non-hydrogen) atoms. The van der Waals surface area contributed by atoms with Crippen LogP contribution in [0.15, 0.2) is 67.1 Å². The van der Waals surface area contributed by atoms with Crippen molar-refractivity contribution in [3.05, 3.63) is 90.8 Å². The van der Waals surface area contributed by atoms with Gasteiger partial charge in [0.1, 0.15) is 17.6 Å². The number of carboxylic acid groups (broad SMARTS) is 3. The van der Waals surface area contributed by atoms with Crippen molar-refractivity contribution in [2.24, 2.45) is 0 Å². The van der Waals surface area contributed by atoms with E-state index in [1.54, 1.807) is 42.9 Å². The first-order valence-corrected chi connectivity index (χ1v) is 29.3. The van der Waals surface area contributed by atoms with Crippen LogP contribution in [0.1, 0.15) is 56.3 Å². The second kappa shape index (κ2) is 39.2. The number of pyridine rings is 1. The van der Waals surface area contributed by atoms with Crippen LogP contribution in [-0.2, 0) is 63.8 Å². The van der Waals surface area contributed by atoms with Gasteiger partial charge in [-0.2, -0.15) is 48.3 Å². The Morgan fingerprint density at radius 3 is 1.91 bits per heavy atom. The molecule has 2 amide bonds. The minimum Gasteiger partial charge on any atom is -0.693 e. The normalized spacial score (nSPS) is 10.4. The Bertz CT molecular complexity index is 2010.